The van der Waals surface area contributed by atoms with Gasteiger partial charge in [-0.2, -0.15) is 5.26 Å². The van der Waals surface area contributed by atoms with Crippen molar-refractivity contribution in [1.82, 2.24) is 4.98 Å². The van der Waals surface area contributed by atoms with Gasteiger partial charge in [0.2, 0.25) is 5.89 Å². The first-order valence-corrected chi connectivity index (χ1v) is 15.9. The molecule has 1 aromatic heterocycles. The van der Waals surface area contributed by atoms with E-state index in [1.807, 2.05) is 66.7 Å². The molecule has 4 nitrogen and oxygen atoms in total. The molecule has 0 spiro atoms. The molecule has 1 heterocycles. The van der Waals surface area contributed by atoms with E-state index in [4.69, 9.17) is 16.0 Å². The Balaban J connectivity index is 1.20. The minimum atomic E-state index is 0.570. The van der Waals surface area contributed by atoms with Crippen molar-refractivity contribution in [1.29, 1.82) is 5.26 Å². The highest BCUT2D eigenvalue weighted by atomic mass is 16.3. The predicted molar refractivity (Wildman–Crippen MR) is 198 cm³/mol. The zero-order valence-electron chi connectivity index (χ0n) is 26.3. The Morgan fingerprint density at radius 1 is 0.490 bits per heavy atom. The summed E-state index contributed by atoms with van der Waals surface area (Å²) < 4.78 is 6.49. The fourth-order valence-corrected chi connectivity index (χ4v) is 6.14. The summed E-state index contributed by atoms with van der Waals surface area (Å²) in [6, 6.07) is 57.3. The van der Waals surface area contributed by atoms with E-state index in [0.29, 0.717) is 22.7 Å². The quantitative estimate of drug-likeness (QED) is 0.173. The molecule has 49 heavy (non-hydrogen) atoms. The van der Waals surface area contributed by atoms with Gasteiger partial charge in [-0.1, -0.05) is 127 Å². The molecule has 0 aliphatic heterocycles. The SMILES string of the molecule is [C-]#[N+]c1ccc(-c2ccc(-c3cc(-c4ccc(-c5ccc(C#N)cc5)cc4)c4nc(-c5ccc(-c6ccccc6)cc5)oc4c3)cc2)cc1. The molecule has 0 saturated heterocycles. The van der Waals surface area contributed by atoms with Gasteiger partial charge in [-0.05, 0) is 86.5 Å². The van der Waals surface area contributed by atoms with E-state index in [1.54, 1.807) is 0 Å². The van der Waals surface area contributed by atoms with E-state index in [1.165, 1.54) is 0 Å². The van der Waals surface area contributed by atoms with Crippen LogP contribution in [0.3, 0.4) is 0 Å². The van der Waals surface area contributed by atoms with Crippen molar-refractivity contribution in [2.75, 3.05) is 0 Å². The average Bonchev–Trinajstić information content (AvgIpc) is 3.63. The standard InChI is InChI=1S/C45H27N3O/c1-47-41-25-23-36(24-26-41)34-11-13-37(14-12-34)40-27-42(38-19-15-35(16-20-38)32-9-7-30(29-46)8-10-32)44-43(28-40)49-45(48-44)39-21-17-33(18-22-39)31-5-3-2-4-6-31/h2-28H. The Bertz CT molecular complexity index is 2500. The highest BCUT2D eigenvalue weighted by Gasteiger charge is 2.16. The number of hydrogen-bond donors (Lipinski definition) is 0. The third-order valence-corrected chi connectivity index (χ3v) is 8.83. The summed E-state index contributed by atoms with van der Waals surface area (Å²) in [7, 11) is 0. The summed E-state index contributed by atoms with van der Waals surface area (Å²) in [5, 5.41) is 9.20. The normalized spacial score (nSPS) is 10.8. The first-order valence-electron chi connectivity index (χ1n) is 15.9. The molecule has 0 fully saturated rings. The van der Waals surface area contributed by atoms with Crippen LogP contribution in [0.15, 0.2) is 168 Å². The van der Waals surface area contributed by atoms with Gasteiger partial charge in [0.1, 0.15) is 5.52 Å². The molecule has 0 N–H and O–H groups in total. The number of aromatic nitrogens is 1. The largest absolute Gasteiger partial charge is 0.436 e. The van der Waals surface area contributed by atoms with Crippen LogP contribution in [0.2, 0.25) is 0 Å². The van der Waals surface area contributed by atoms with E-state index in [2.05, 4.69) is 108 Å². The number of nitrogens with zero attached hydrogens (tertiary/aromatic N) is 3. The number of benzene rings is 7. The fourth-order valence-electron chi connectivity index (χ4n) is 6.14. The fraction of sp³-hybridized carbons (Fsp3) is 0. The summed E-state index contributed by atoms with van der Waals surface area (Å²) in [5.41, 5.74) is 14.4. The van der Waals surface area contributed by atoms with E-state index in [0.717, 1.165) is 66.7 Å². The van der Waals surface area contributed by atoms with Crippen molar-refractivity contribution < 1.29 is 4.42 Å². The van der Waals surface area contributed by atoms with Gasteiger partial charge in [0, 0.05) is 11.1 Å². The molecule has 0 radical (unpaired) electrons. The topological polar surface area (TPSA) is 54.2 Å². The lowest BCUT2D eigenvalue weighted by atomic mass is 9.95. The maximum Gasteiger partial charge on any atom is 0.227 e. The van der Waals surface area contributed by atoms with Gasteiger partial charge in [0.05, 0.1) is 18.2 Å². The first kappa shape index (κ1) is 29.4. The van der Waals surface area contributed by atoms with Gasteiger partial charge in [-0.3, -0.25) is 0 Å². The second kappa shape index (κ2) is 12.6. The third kappa shape index (κ3) is 5.87. The minimum Gasteiger partial charge on any atom is -0.436 e. The van der Waals surface area contributed by atoms with Gasteiger partial charge in [-0.25, -0.2) is 9.83 Å². The second-order valence-corrected chi connectivity index (χ2v) is 11.8. The molecule has 8 aromatic rings. The van der Waals surface area contributed by atoms with Gasteiger partial charge in [0.15, 0.2) is 11.3 Å². The second-order valence-electron chi connectivity index (χ2n) is 11.8. The molecule has 4 heteroatoms. The van der Waals surface area contributed by atoms with E-state index >= 15 is 0 Å². The molecule has 0 aliphatic rings. The minimum absolute atomic E-state index is 0.570. The molecular weight excluding hydrogens is 599 g/mol. The number of nitriles is 1. The molecule has 0 atom stereocenters. The molecule has 228 valence electrons. The van der Waals surface area contributed by atoms with E-state index < -0.39 is 0 Å². The molecule has 0 aliphatic carbocycles. The Hall–Kier alpha value is -7.01. The average molecular weight is 626 g/mol. The number of oxazole rings is 1. The molecule has 0 saturated carbocycles. The Labute approximate surface area is 284 Å². The van der Waals surface area contributed by atoms with Crippen LogP contribution >= 0.6 is 0 Å². The van der Waals surface area contributed by atoms with Crippen LogP contribution in [0.1, 0.15) is 5.56 Å². The molecule has 0 bridgehead atoms. The summed E-state index contributed by atoms with van der Waals surface area (Å²) >= 11 is 0. The predicted octanol–water partition coefficient (Wildman–Crippen LogP) is 12.3. The summed E-state index contributed by atoms with van der Waals surface area (Å²) in [5.74, 6) is 0.570. The lowest BCUT2D eigenvalue weighted by Gasteiger charge is -2.10. The molecule has 7 aromatic carbocycles. The maximum atomic E-state index is 9.20. The molecule has 0 unspecified atom stereocenters. The highest BCUT2D eigenvalue weighted by Crippen LogP contribution is 2.38. The summed E-state index contributed by atoms with van der Waals surface area (Å²) in [6.07, 6.45) is 0. The van der Waals surface area contributed by atoms with Crippen LogP contribution in [-0.2, 0) is 0 Å². The summed E-state index contributed by atoms with van der Waals surface area (Å²) in [6.45, 7) is 7.24. The van der Waals surface area contributed by atoms with Crippen LogP contribution in [0.25, 0.3) is 83.0 Å². The van der Waals surface area contributed by atoms with Crippen molar-refractivity contribution in [3.63, 3.8) is 0 Å². The number of hydrogen-bond acceptors (Lipinski definition) is 3. The Morgan fingerprint density at radius 2 is 0.939 bits per heavy atom. The van der Waals surface area contributed by atoms with Crippen molar-refractivity contribution in [3.05, 3.63) is 181 Å². The van der Waals surface area contributed by atoms with Crippen LogP contribution in [0, 0.1) is 17.9 Å². The lowest BCUT2D eigenvalue weighted by molar-refractivity contribution is 0.620. The van der Waals surface area contributed by atoms with Crippen LogP contribution in [0.4, 0.5) is 5.69 Å². The monoisotopic (exact) mass is 625 g/mol. The number of fused-ring (bicyclic) bond motifs is 1. The third-order valence-electron chi connectivity index (χ3n) is 8.83. The van der Waals surface area contributed by atoms with Gasteiger partial charge in [0.25, 0.3) is 0 Å². The van der Waals surface area contributed by atoms with Gasteiger partial charge in [-0.15, -0.1) is 0 Å². The Morgan fingerprint density at radius 3 is 1.47 bits per heavy atom. The Kier molecular flexibility index (Phi) is 7.59. The summed E-state index contributed by atoms with van der Waals surface area (Å²) in [4.78, 5) is 8.55. The molecular formula is C45H27N3O. The lowest BCUT2D eigenvalue weighted by Crippen LogP contribution is -1.86. The van der Waals surface area contributed by atoms with Crippen molar-refractivity contribution in [2.24, 2.45) is 0 Å². The number of rotatable bonds is 6. The van der Waals surface area contributed by atoms with Gasteiger partial charge >= 0.3 is 0 Å². The van der Waals surface area contributed by atoms with Crippen LogP contribution in [-0.4, -0.2) is 4.98 Å². The van der Waals surface area contributed by atoms with Crippen molar-refractivity contribution in [3.8, 4) is 73.2 Å². The zero-order valence-corrected chi connectivity index (χ0v) is 26.3. The maximum absolute atomic E-state index is 9.20. The smallest absolute Gasteiger partial charge is 0.227 e. The molecule has 0 amide bonds. The van der Waals surface area contributed by atoms with E-state index in [-0.39, 0.29) is 0 Å². The highest BCUT2D eigenvalue weighted by molar-refractivity contribution is 5.96. The van der Waals surface area contributed by atoms with Crippen molar-refractivity contribution in [2.45, 2.75) is 0 Å². The van der Waals surface area contributed by atoms with Crippen LogP contribution < -0.4 is 0 Å². The van der Waals surface area contributed by atoms with Crippen LogP contribution in [0.5, 0.6) is 0 Å². The first-order chi connectivity index (χ1) is 24.1. The zero-order chi connectivity index (χ0) is 33.2. The van der Waals surface area contributed by atoms with E-state index in [9.17, 15) is 5.26 Å². The van der Waals surface area contributed by atoms with Crippen molar-refractivity contribution >= 4 is 16.8 Å². The van der Waals surface area contributed by atoms with Gasteiger partial charge < -0.3 is 4.42 Å². The molecule has 8 rings (SSSR count).